The second kappa shape index (κ2) is 3.32. The molecule has 11 heavy (non-hydrogen) atoms. The van der Waals surface area contributed by atoms with Crippen LogP contribution in [-0.4, -0.2) is 17.3 Å². The first-order chi connectivity index (χ1) is 5.24. The highest BCUT2D eigenvalue weighted by Gasteiger charge is 2.00. The van der Waals surface area contributed by atoms with Crippen molar-refractivity contribution >= 4 is 5.82 Å². The smallest absolute Gasteiger partial charge is 0.183 e. The number of aromatic nitrogens is 1. The Kier molecular flexibility index (Phi) is 2.40. The van der Waals surface area contributed by atoms with Crippen LogP contribution in [0.4, 0.5) is 5.82 Å². The molecule has 60 valence electrons. The second-order valence-corrected chi connectivity index (χ2v) is 2.15. The Labute approximate surface area is 65.0 Å². The summed E-state index contributed by atoms with van der Waals surface area (Å²) in [6, 6.07) is 3.50. The molecule has 0 aliphatic rings. The van der Waals surface area contributed by atoms with Gasteiger partial charge in [-0.15, -0.1) is 5.23 Å². The van der Waals surface area contributed by atoms with Crippen LogP contribution in [0, 0.1) is 6.92 Å². The molecule has 4 heteroatoms. The molecule has 0 saturated carbocycles. The summed E-state index contributed by atoms with van der Waals surface area (Å²) in [4.78, 5) is 8.40. The molecular weight excluding hydrogens is 144 g/mol. The van der Waals surface area contributed by atoms with Crippen molar-refractivity contribution in [3.8, 4) is 0 Å². The first-order valence-electron chi connectivity index (χ1n) is 3.20. The van der Waals surface area contributed by atoms with Gasteiger partial charge in [-0.1, -0.05) is 6.07 Å². The third kappa shape index (κ3) is 1.89. The number of hydrogen-bond acceptors (Lipinski definition) is 4. The number of hydrogen-bond donors (Lipinski definition) is 1. The second-order valence-electron chi connectivity index (χ2n) is 2.15. The first kappa shape index (κ1) is 7.97. The van der Waals surface area contributed by atoms with E-state index in [-0.39, 0.29) is 0 Å². The summed E-state index contributed by atoms with van der Waals surface area (Å²) in [5.41, 5.74) is 1.04. The molecule has 0 aromatic carbocycles. The minimum atomic E-state index is 0.373. The molecule has 1 aromatic heterocycles. The topological polar surface area (TPSA) is 45.6 Å². The number of nitrogens with zero attached hydrogens (tertiary/aromatic N) is 2. The van der Waals surface area contributed by atoms with E-state index in [2.05, 4.69) is 9.82 Å². The quantitative estimate of drug-likeness (QED) is 0.649. The first-order valence-corrected chi connectivity index (χ1v) is 3.20. The zero-order chi connectivity index (χ0) is 8.27. The highest BCUT2D eigenvalue weighted by atomic mass is 16.9. The lowest BCUT2D eigenvalue weighted by Gasteiger charge is -2.10. The summed E-state index contributed by atoms with van der Waals surface area (Å²) in [5.74, 6) is 0.373. The molecule has 1 heterocycles. The van der Waals surface area contributed by atoms with E-state index in [0.29, 0.717) is 11.0 Å². The summed E-state index contributed by atoms with van der Waals surface area (Å²) >= 11 is 0. The predicted octanol–water partition coefficient (Wildman–Crippen LogP) is 1.15. The van der Waals surface area contributed by atoms with E-state index in [4.69, 9.17) is 5.21 Å². The fourth-order valence-electron chi connectivity index (χ4n) is 0.667. The van der Waals surface area contributed by atoms with E-state index in [1.807, 2.05) is 13.0 Å². The molecule has 0 atom stereocenters. The molecule has 1 aromatic rings. The van der Waals surface area contributed by atoms with Crippen LogP contribution in [0.2, 0.25) is 0 Å². The van der Waals surface area contributed by atoms with Gasteiger partial charge in [0.2, 0.25) is 0 Å². The molecule has 0 amide bonds. The molecule has 0 unspecified atom stereocenters. The predicted molar refractivity (Wildman–Crippen MR) is 40.2 cm³/mol. The molecule has 4 nitrogen and oxygen atoms in total. The molecule has 0 saturated heterocycles. The van der Waals surface area contributed by atoms with Crippen molar-refractivity contribution in [3.05, 3.63) is 23.9 Å². The van der Waals surface area contributed by atoms with Gasteiger partial charge in [0, 0.05) is 6.20 Å². The average molecular weight is 154 g/mol. The summed E-state index contributed by atoms with van der Waals surface area (Å²) < 4.78 is 0. The van der Waals surface area contributed by atoms with Crippen molar-refractivity contribution in [1.82, 2.24) is 4.98 Å². The van der Waals surface area contributed by atoms with E-state index in [0.717, 1.165) is 5.56 Å². The molecule has 0 aliphatic heterocycles. The molecule has 0 aliphatic carbocycles. The van der Waals surface area contributed by atoms with Crippen LogP contribution in [0.1, 0.15) is 5.56 Å². The molecule has 1 N–H and O–H groups in total. The summed E-state index contributed by atoms with van der Waals surface area (Å²) in [5, 5.41) is 9.58. The van der Waals surface area contributed by atoms with Crippen molar-refractivity contribution in [3.63, 3.8) is 0 Å². The number of anilines is 1. The maximum Gasteiger partial charge on any atom is 0.183 e. The van der Waals surface area contributed by atoms with Gasteiger partial charge in [-0.2, -0.15) is 0 Å². The fourth-order valence-corrected chi connectivity index (χ4v) is 0.667. The van der Waals surface area contributed by atoms with Gasteiger partial charge in [0.05, 0.1) is 7.11 Å². The van der Waals surface area contributed by atoms with Gasteiger partial charge in [0.1, 0.15) is 0 Å². The Morgan fingerprint density at radius 2 is 2.27 bits per heavy atom. The molecule has 0 spiro atoms. The Morgan fingerprint density at radius 3 is 2.73 bits per heavy atom. The van der Waals surface area contributed by atoms with Crippen LogP contribution >= 0.6 is 0 Å². The van der Waals surface area contributed by atoms with Crippen molar-refractivity contribution < 1.29 is 10.0 Å². The maximum absolute atomic E-state index is 8.97. The van der Waals surface area contributed by atoms with Gasteiger partial charge in [0.25, 0.3) is 0 Å². The Hall–Kier alpha value is -1.13. The number of rotatable bonds is 2. The van der Waals surface area contributed by atoms with Gasteiger partial charge in [0.15, 0.2) is 5.82 Å². The number of pyridine rings is 1. The van der Waals surface area contributed by atoms with Crippen LogP contribution in [-0.2, 0) is 4.84 Å². The average Bonchev–Trinajstić information content (AvgIpc) is 2.05. The molecule has 0 fully saturated rings. The van der Waals surface area contributed by atoms with Crippen LogP contribution in [0.5, 0.6) is 0 Å². The van der Waals surface area contributed by atoms with Gasteiger partial charge in [-0.25, -0.2) is 4.98 Å². The zero-order valence-electron chi connectivity index (χ0n) is 6.48. The highest BCUT2D eigenvalue weighted by Crippen LogP contribution is 2.07. The van der Waals surface area contributed by atoms with E-state index in [9.17, 15) is 0 Å². The normalized spacial score (nSPS) is 9.73. The Bertz CT molecular complexity index is 222. The summed E-state index contributed by atoms with van der Waals surface area (Å²) in [6.45, 7) is 1.92. The van der Waals surface area contributed by atoms with E-state index < -0.39 is 0 Å². The van der Waals surface area contributed by atoms with Crippen LogP contribution in [0.25, 0.3) is 0 Å². The van der Waals surface area contributed by atoms with Gasteiger partial charge in [-0.3, -0.25) is 10.0 Å². The van der Waals surface area contributed by atoms with Crippen LogP contribution < -0.4 is 5.23 Å². The van der Waals surface area contributed by atoms with E-state index >= 15 is 0 Å². The lowest BCUT2D eigenvalue weighted by atomic mass is 10.3. The molecule has 0 bridgehead atoms. The summed E-state index contributed by atoms with van der Waals surface area (Å²) in [6.07, 6.45) is 1.65. The van der Waals surface area contributed by atoms with Crippen molar-refractivity contribution in [2.75, 3.05) is 12.3 Å². The lowest BCUT2D eigenvalue weighted by molar-refractivity contribution is -0.0130. The van der Waals surface area contributed by atoms with Crippen LogP contribution in [0.3, 0.4) is 0 Å². The zero-order valence-corrected chi connectivity index (χ0v) is 6.48. The van der Waals surface area contributed by atoms with Gasteiger partial charge in [-0.05, 0) is 18.6 Å². The Morgan fingerprint density at radius 1 is 1.55 bits per heavy atom. The van der Waals surface area contributed by atoms with E-state index in [1.54, 1.807) is 12.3 Å². The third-order valence-corrected chi connectivity index (χ3v) is 1.26. The summed E-state index contributed by atoms with van der Waals surface area (Å²) in [7, 11) is 1.36. The van der Waals surface area contributed by atoms with E-state index in [1.165, 1.54) is 7.11 Å². The fraction of sp³-hybridized carbons (Fsp3) is 0.286. The highest BCUT2D eigenvalue weighted by molar-refractivity contribution is 5.32. The van der Waals surface area contributed by atoms with Crippen molar-refractivity contribution in [1.29, 1.82) is 0 Å². The Balaban J connectivity index is 2.81. The molecule has 1 rings (SSSR count). The monoisotopic (exact) mass is 154 g/mol. The van der Waals surface area contributed by atoms with Gasteiger partial charge < -0.3 is 0 Å². The van der Waals surface area contributed by atoms with Crippen LogP contribution in [0.15, 0.2) is 18.3 Å². The third-order valence-electron chi connectivity index (χ3n) is 1.26. The maximum atomic E-state index is 8.97. The standard InChI is InChI=1S/C7H10N2O2/c1-6-3-4-7(8-5-6)9(10)11-2/h3-5,10H,1-2H3. The van der Waals surface area contributed by atoms with Gasteiger partial charge >= 0.3 is 0 Å². The minimum Gasteiger partial charge on any atom is -0.262 e. The largest absolute Gasteiger partial charge is 0.262 e. The molecule has 0 radical (unpaired) electrons. The van der Waals surface area contributed by atoms with Crippen molar-refractivity contribution in [2.45, 2.75) is 6.92 Å². The van der Waals surface area contributed by atoms with Crippen molar-refractivity contribution in [2.24, 2.45) is 0 Å². The SMILES string of the molecule is CON(O)c1ccc(C)cn1. The minimum absolute atomic E-state index is 0.373. The lowest BCUT2D eigenvalue weighted by Crippen LogP contribution is -2.16. The molecular formula is C7H10N2O2. The number of aryl methyl sites for hydroxylation is 1.